The van der Waals surface area contributed by atoms with Gasteiger partial charge in [-0.25, -0.2) is 4.79 Å². The molecule has 1 aliphatic carbocycles. The molecule has 2 atom stereocenters. The zero-order valence-electron chi connectivity index (χ0n) is 12.7. The molecule has 1 aromatic carbocycles. The van der Waals surface area contributed by atoms with Gasteiger partial charge in [0.1, 0.15) is 6.10 Å². The lowest BCUT2D eigenvalue weighted by molar-refractivity contribution is 0.0139. The fourth-order valence-electron chi connectivity index (χ4n) is 3.03. The summed E-state index contributed by atoms with van der Waals surface area (Å²) in [6.07, 6.45) is 5.66. The molecule has 3 nitrogen and oxygen atoms in total. The lowest BCUT2D eigenvalue weighted by Crippen LogP contribution is -2.25. The van der Waals surface area contributed by atoms with E-state index in [1.165, 1.54) is 12.8 Å². The molecule has 1 fully saturated rings. The van der Waals surface area contributed by atoms with E-state index in [4.69, 9.17) is 10.5 Å². The number of aryl methyl sites for hydroxylation is 1. The van der Waals surface area contributed by atoms with Crippen LogP contribution in [0.4, 0.5) is 5.69 Å². The number of nitrogens with two attached hydrogens (primary N) is 1. The molecule has 1 aliphatic rings. The Morgan fingerprint density at radius 3 is 2.80 bits per heavy atom. The van der Waals surface area contributed by atoms with Crippen molar-refractivity contribution in [2.24, 2.45) is 5.92 Å². The van der Waals surface area contributed by atoms with Crippen LogP contribution in [0.3, 0.4) is 0 Å². The standard InChI is InChI=1S/C17H25NO2/c1-4-13-6-5-7-15(9-13)20-17(19)16-10-14(18)8-11(2)12(16)3/h8,10,13,15H,4-7,9,18H2,1-3H3. The number of esters is 1. The van der Waals surface area contributed by atoms with Crippen molar-refractivity contribution in [2.75, 3.05) is 5.73 Å². The Labute approximate surface area is 121 Å². The van der Waals surface area contributed by atoms with Gasteiger partial charge < -0.3 is 10.5 Å². The van der Waals surface area contributed by atoms with Crippen LogP contribution in [0.15, 0.2) is 12.1 Å². The highest BCUT2D eigenvalue weighted by atomic mass is 16.5. The Hall–Kier alpha value is -1.51. The monoisotopic (exact) mass is 275 g/mol. The van der Waals surface area contributed by atoms with E-state index < -0.39 is 0 Å². The fraction of sp³-hybridized carbons (Fsp3) is 0.588. The Kier molecular flexibility index (Phi) is 4.69. The van der Waals surface area contributed by atoms with E-state index in [-0.39, 0.29) is 12.1 Å². The van der Waals surface area contributed by atoms with Gasteiger partial charge in [-0.3, -0.25) is 0 Å². The molecule has 1 saturated carbocycles. The van der Waals surface area contributed by atoms with Gasteiger partial charge >= 0.3 is 5.97 Å². The number of hydrogen-bond acceptors (Lipinski definition) is 3. The molecule has 0 radical (unpaired) electrons. The number of nitrogen functional groups attached to an aromatic ring is 1. The van der Waals surface area contributed by atoms with Crippen molar-refractivity contribution in [3.8, 4) is 0 Å². The Morgan fingerprint density at radius 2 is 2.10 bits per heavy atom. The molecule has 1 aromatic rings. The van der Waals surface area contributed by atoms with Crippen LogP contribution in [0, 0.1) is 19.8 Å². The Balaban J connectivity index is 2.08. The molecular weight excluding hydrogens is 250 g/mol. The largest absolute Gasteiger partial charge is 0.459 e. The van der Waals surface area contributed by atoms with E-state index in [0.717, 1.165) is 30.4 Å². The lowest BCUT2D eigenvalue weighted by atomic mass is 9.85. The van der Waals surface area contributed by atoms with Gasteiger partial charge in [0.2, 0.25) is 0 Å². The summed E-state index contributed by atoms with van der Waals surface area (Å²) in [6.45, 7) is 6.12. The van der Waals surface area contributed by atoms with Crippen molar-refractivity contribution in [1.29, 1.82) is 0 Å². The minimum atomic E-state index is -0.223. The smallest absolute Gasteiger partial charge is 0.338 e. The van der Waals surface area contributed by atoms with Crippen molar-refractivity contribution in [1.82, 2.24) is 0 Å². The van der Waals surface area contributed by atoms with Gasteiger partial charge in [0, 0.05) is 5.69 Å². The van der Waals surface area contributed by atoms with Gasteiger partial charge in [-0.2, -0.15) is 0 Å². The highest BCUT2D eigenvalue weighted by molar-refractivity contribution is 5.92. The van der Waals surface area contributed by atoms with Gasteiger partial charge in [-0.1, -0.05) is 19.8 Å². The van der Waals surface area contributed by atoms with Crippen LogP contribution in [0.1, 0.15) is 60.5 Å². The first kappa shape index (κ1) is 14.9. The maximum Gasteiger partial charge on any atom is 0.338 e. The summed E-state index contributed by atoms with van der Waals surface area (Å²) >= 11 is 0. The first-order valence-electron chi connectivity index (χ1n) is 7.59. The van der Waals surface area contributed by atoms with Crippen LogP contribution in [-0.4, -0.2) is 12.1 Å². The zero-order valence-corrected chi connectivity index (χ0v) is 12.7. The van der Waals surface area contributed by atoms with Crippen LogP contribution in [0.2, 0.25) is 0 Å². The van der Waals surface area contributed by atoms with Gasteiger partial charge in [0.15, 0.2) is 0 Å². The average molecular weight is 275 g/mol. The van der Waals surface area contributed by atoms with Crippen molar-refractivity contribution < 1.29 is 9.53 Å². The second kappa shape index (κ2) is 6.29. The van der Waals surface area contributed by atoms with Crippen molar-refractivity contribution in [3.63, 3.8) is 0 Å². The van der Waals surface area contributed by atoms with Crippen LogP contribution in [-0.2, 0) is 4.74 Å². The maximum absolute atomic E-state index is 12.4. The third kappa shape index (κ3) is 3.33. The molecule has 3 heteroatoms. The number of rotatable bonds is 3. The first-order valence-corrected chi connectivity index (χ1v) is 7.59. The maximum atomic E-state index is 12.4. The molecule has 20 heavy (non-hydrogen) atoms. The predicted molar refractivity (Wildman–Crippen MR) is 81.8 cm³/mol. The van der Waals surface area contributed by atoms with E-state index in [1.54, 1.807) is 6.07 Å². The highest BCUT2D eigenvalue weighted by Gasteiger charge is 2.25. The van der Waals surface area contributed by atoms with Gasteiger partial charge in [-0.05, 0) is 62.3 Å². The number of carbonyl (C=O) groups excluding carboxylic acids is 1. The molecule has 2 rings (SSSR count). The van der Waals surface area contributed by atoms with Gasteiger partial charge in [0.25, 0.3) is 0 Å². The van der Waals surface area contributed by atoms with Gasteiger partial charge in [-0.15, -0.1) is 0 Å². The van der Waals surface area contributed by atoms with E-state index in [0.29, 0.717) is 17.2 Å². The SMILES string of the molecule is CCC1CCCC(OC(=O)c2cc(N)cc(C)c2C)C1. The molecule has 2 N–H and O–H groups in total. The molecule has 2 unspecified atom stereocenters. The van der Waals surface area contributed by atoms with Crippen molar-refractivity contribution in [2.45, 2.75) is 59.0 Å². The number of ether oxygens (including phenoxy) is 1. The summed E-state index contributed by atoms with van der Waals surface area (Å²) in [5.74, 6) is 0.477. The first-order chi connectivity index (χ1) is 9.51. The number of anilines is 1. The summed E-state index contributed by atoms with van der Waals surface area (Å²) in [4.78, 5) is 12.4. The molecular formula is C17H25NO2. The second-order valence-corrected chi connectivity index (χ2v) is 5.98. The molecule has 0 saturated heterocycles. The fourth-order valence-corrected chi connectivity index (χ4v) is 3.03. The summed E-state index contributed by atoms with van der Waals surface area (Å²) in [5.41, 5.74) is 9.07. The van der Waals surface area contributed by atoms with Crippen LogP contribution >= 0.6 is 0 Å². The van der Waals surface area contributed by atoms with Crippen molar-refractivity contribution in [3.05, 3.63) is 28.8 Å². The van der Waals surface area contributed by atoms with Gasteiger partial charge in [0.05, 0.1) is 5.56 Å². The Bertz CT molecular complexity index is 496. The summed E-state index contributed by atoms with van der Waals surface area (Å²) < 4.78 is 5.71. The minimum Gasteiger partial charge on any atom is -0.459 e. The van der Waals surface area contributed by atoms with Crippen molar-refractivity contribution >= 4 is 11.7 Å². The second-order valence-electron chi connectivity index (χ2n) is 5.98. The van der Waals surface area contributed by atoms with E-state index in [9.17, 15) is 4.79 Å². The van der Waals surface area contributed by atoms with Crippen LogP contribution < -0.4 is 5.73 Å². The quantitative estimate of drug-likeness (QED) is 0.669. The van der Waals surface area contributed by atoms with Crippen LogP contribution in [0.5, 0.6) is 0 Å². The predicted octanol–water partition coefficient (Wildman–Crippen LogP) is 4.01. The van der Waals surface area contributed by atoms with Crippen LogP contribution in [0.25, 0.3) is 0 Å². The third-order valence-corrected chi connectivity index (χ3v) is 4.50. The molecule has 0 aliphatic heterocycles. The molecule has 0 amide bonds. The molecule has 0 heterocycles. The molecule has 110 valence electrons. The van der Waals surface area contributed by atoms with E-state index in [1.807, 2.05) is 19.9 Å². The van der Waals surface area contributed by atoms with E-state index >= 15 is 0 Å². The molecule has 0 aromatic heterocycles. The number of benzene rings is 1. The number of carbonyl (C=O) groups is 1. The minimum absolute atomic E-state index is 0.0716. The third-order valence-electron chi connectivity index (χ3n) is 4.50. The highest BCUT2D eigenvalue weighted by Crippen LogP contribution is 2.29. The van der Waals surface area contributed by atoms with E-state index in [2.05, 4.69) is 6.92 Å². The Morgan fingerprint density at radius 1 is 1.35 bits per heavy atom. The normalized spacial score (nSPS) is 22.6. The number of hydrogen-bond donors (Lipinski definition) is 1. The topological polar surface area (TPSA) is 52.3 Å². The lowest BCUT2D eigenvalue weighted by Gasteiger charge is -2.28. The summed E-state index contributed by atoms with van der Waals surface area (Å²) in [7, 11) is 0. The summed E-state index contributed by atoms with van der Waals surface area (Å²) in [5, 5.41) is 0. The zero-order chi connectivity index (χ0) is 14.7. The summed E-state index contributed by atoms with van der Waals surface area (Å²) in [6, 6.07) is 3.62. The average Bonchev–Trinajstić information content (AvgIpc) is 2.43. The molecule has 0 spiro atoms. The molecule has 0 bridgehead atoms.